The first-order valence-corrected chi connectivity index (χ1v) is 11.9. The van der Waals surface area contributed by atoms with Crippen molar-refractivity contribution in [2.45, 2.75) is 39.5 Å². The maximum absolute atomic E-state index is 12.6. The van der Waals surface area contributed by atoms with Crippen molar-refractivity contribution in [2.75, 3.05) is 25.5 Å². The highest BCUT2D eigenvalue weighted by Gasteiger charge is 2.20. The molecule has 0 saturated carbocycles. The molecular formula is C26H31ClN4O2. The third kappa shape index (κ3) is 5.33. The first-order valence-electron chi connectivity index (χ1n) is 11.5. The number of pyridine rings is 1. The highest BCUT2D eigenvalue weighted by atomic mass is 35.5. The minimum absolute atomic E-state index is 0.259. The van der Waals surface area contributed by atoms with Gasteiger partial charge in [-0.3, -0.25) is 4.79 Å². The van der Waals surface area contributed by atoms with Crippen LogP contribution in [0.2, 0.25) is 5.02 Å². The Hall–Kier alpha value is -2.99. The van der Waals surface area contributed by atoms with Crippen LogP contribution >= 0.6 is 11.6 Å². The van der Waals surface area contributed by atoms with E-state index < -0.39 is 0 Å². The van der Waals surface area contributed by atoms with Gasteiger partial charge in [0.2, 0.25) is 5.91 Å². The van der Waals surface area contributed by atoms with E-state index in [4.69, 9.17) is 16.3 Å². The lowest BCUT2D eigenvalue weighted by atomic mass is 10.00. The maximum Gasteiger partial charge on any atom is 0.223 e. The van der Waals surface area contributed by atoms with E-state index in [-0.39, 0.29) is 5.91 Å². The number of carbonyl (C=O) groups is 1. The number of hydrogen-bond donors (Lipinski definition) is 2. The van der Waals surface area contributed by atoms with Gasteiger partial charge in [-0.2, -0.15) is 0 Å². The van der Waals surface area contributed by atoms with Gasteiger partial charge in [0.15, 0.2) is 0 Å². The minimum atomic E-state index is 0.259. The van der Waals surface area contributed by atoms with Crippen molar-refractivity contribution in [1.82, 2.24) is 14.9 Å². The molecule has 0 saturated heterocycles. The molecule has 1 aromatic carbocycles. The molecule has 0 fully saturated rings. The summed E-state index contributed by atoms with van der Waals surface area (Å²) >= 11 is 6.15. The second-order valence-electron chi connectivity index (χ2n) is 8.70. The van der Waals surface area contributed by atoms with Crippen molar-refractivity contribution in [1.29, 1.82) is 0 Å². The highest BCUT2D eigenvalue weighted by molar-refractivity contribution is 6.32. The number of H-pyrrole nitrogens is 1. The third-order valence-electron chi connectivity index (χ3n) is 6.17. The Labute approximate surface area is 200 Å². The summed E-state index contributed by atoms with van der Waals surface area (Å²) in [6.45, 7) is 5.74. The van der Waals surface area contributed by atoms with Gasteiger partial charge < -0.3 is 19.9 Å². The number of nitrogens with one attached hydrogen (secondary N) is 2. The van der Waals surface area contributed by atoms with Crippen molar-refractivity contribution in [3.63, 3.8) is 0 Å². The van der Waals surface area contributed by atoms with Gasteiger partial charge in [-0.1, -0.05) is 44.4 Å². The molecule has 3 aromatic rings. The summed E-state index contributed by atoms with van der Waals surface area (Å²) in [5.41, 5.74) is 4.92. The molecule has 3 heterocycles. The molecule has 0 bridgehead atoms. The van der Waals surface area contributed by atoms with E-state index in [9.17, 15) is 4.79 Å². The van der Waals surface area contributed by atoms with Crippen LogP contribution in [-0.2, 0) is 4.79 Å². The zero-order chi connectivity index (χ0) is 23.4. The summed E-state index contributed by atoms with van der Waals surface area (Å²) in [4.78, 5) is 22.5. The van der Waals surface area contributed by atoms with Crippen molar-refractivity contribution in [3.8, 4) is 5.75 Å². The summed E-state index contributed by atoms with van der Waals surface area (Å²) in [6, 6.07) is 9.69. The summed E-state index contributed by atoms with van der Waals surface area (Å²) in [5, 5.41) is 5.03. The number of benzene rings is 1. The first-order chi connectivity index (χ1) is 16.0. The molecule has 1 aliphatic rings. The van der Waals surface area contributed by atoms with Crippen molar-refractivity contribution in [2.24, 2.45) is 5.92 Å². The van der Waals surface area contributed by atoms with Gasteiger partial charge in [-0.15, -0.1) is 0 Å². The number of amides is 1. The fourth-order valence-corrected chi connectivity index (χ4v) is 4.56. The van der Waals surface area contributed by atoms with Gasteiger partial charge in [-0.25, -0.2) is 4.98 Å². The lowest BCUT2D eigenvalue weighted by molar-refractivity contribution is -0.131. The molecule has 7 heteroatoms. The Morgan fingerprint density at radius 2 is 2.18 bits per heavy atom. The molecule has 0 spiro atoms. The summed E-state index contributed by atoms with van der Waals surface area (Å²) < 4.78 is 5.33. The molecular weight excluding hydrogens is 436 g/mol. The topological polar surface area (TPSA) is 70.2 Å². The molecule has 1 amide bonds. The number of halogens is 1. The molecule has 1 atom stereocenters. The molecule has 1 aliphatic heterocycles. The molecule has 4 rings (SSSR count). The lowest BCUT2D eigenvalue weighted by Gasteiger charge is -2.27. The summed E-state index contributed by atoms with van der Waals surface area (Å²) in [6.07, 6.45) is 7.63. The molecule has 1 unspecified atom stereocenters. The lowest BCUT2D eigenvalue weighted by Crippen LogP contribution is -2.35. The zero-order valence-corrected chi connectivity index (χ0v) is 20.2. The number of carbonyl (C=O) groups excluding carboxylic acids is 1. The largest absolute Gasteiger partial charge is 0.495 e. The van der Waals surface area contributed by atoms with Crippen LogP contribution in [0.4, 0.5) is 11.4 Å². The predicted molar refractivity (Wildman–Crippen MR) is 135 cm³/mol. The SMILES string of the molecule is CCCC(C)CC(=O)N1CC=C(c2cc3c(Nc4ccc(Cl)c(OC)c4)ccnc3[nH]2)CC1. The van der Waals surface area contributed by atoms with Gasteiger partial charge in [0, 0.05) is 48.5 Å². The summed E-state index contributed by atoms with van der Waals surface area (Å²) in [5.74, 6) is 1.32. The number of methoxy groups -OCH3 is 1. The monoisotopic (exact) mass is 466 g/mol. The van der Waals surface area contributed by atoms with Crippen LogP contribution in [0, 0.1) is 5.92 Å². The Morgan fingerprint density at radius 1 is 1.33 bits per heavy atom. The van der Waals surface area contributed by atoms with E-state index in [2.05, 4.69) is 41.3 Å². The van der Waals surface area contributed by atoms with Crippen molar-refractivity contribution >= 4 is 45.5 Å². The van der Waals surface area contributed by atoms with E-state index in [1.54, 1.807) is 13.3 Å². The smallest absolute Gasteiger partial charge is 0.223 e. The second-order valence-corrected chi connectivity index (χ2v) is 9.10. The quantitative estimate of drug-likeness (QED) is 0.402. The molecule has 174 valence electrons. The van der Waals surface area contributed by atoms with Gasteiger partial charge in [-0.05, 0) is 42.2 Å². The minimum Gasteiger partial charge on any atom is -0.495 e. The molecule has 2 N–H and O–H groups in total. The fourth-order valence-electron chi connectivity index (χ4n) is 4.36. The van der Waals surface area contributed by atoms with Crippen LogP contribution < -0.4 is 10.1 Å². The molecule has 0 aliphatic carbocycles. The third-order valence-corrected chi connectivity index (χ3v) is 6.49. The van der Waals surface area contributed by atoms with Crippen molar-refractivity contribution < 1.29 is 9.53 Å². The van der Waals surface area contributed by atoms with Crippen molar-refractivity contribution in [3.05, 3.63) is 53.3 Å². The first kappa shape index (κ1) is 23.2. The number of aromatic amines is 1. The number of rotatable bonds is 8. The highest BCUT2D eigenvalue weighted by Crippen LogP contribution is 2.33. The second kappa shape index (κ2) is 10.3. The fraction of sp³-hybridized carbons (Fsp3) is 0.385. The van der Waals surface area contributed by atoms with Gasteiger partial charge in [0.05, 0.1) is 17.8 Å². The Bertz CT molecular complexity index is 1170. The number of anilines is 2. The van der Waals surface area contributed by atoms with Crippen LogP contribution in [0.5, 0.6) is 5.75 Å². The van der Waals surface area contributed by atoms with E-state index in [0.717, 1.165) is 53.9 Å². The standard InChI is InChI=1S/C26H31ClN4O2/c1-4-5-17(2)14-25(32)31-12-9-18(10-13-31)23-16-20-22(8-11-28-26(20)30-23)29-19-6-7-21(27)24(15-19)33-3/h6-9,11,15-17H,4-5,10,12-14H2,1-3H3,(H2,28,29,30). The van der Waals surface area contributed by atoms with Gasteiger partial charge in [0.1, 0.15) is 11.4 Å². The Kier molecular flexibility index (Phi) is 7.23. The van der Waals surface area contributed by atoms with Crippen LogP contribution in [0.15, 0.2) is 42.6 Å². The number of fused-ring (bicyclic) bond motifs is 1. The number of hydrogen-bond acceptors (Lipinski definition) is 4. The van der Waals surface area contributed by atoms with Crippen LogP contribution in [0.3, 0.4) is 0 Å². The molecule has 2 aromatic heterocycles. The van der Waals surface area contributed by atoms with Gasteiger partial charge >= 0.3 is 0 Å². The van der Waals surface area contributed by atoms with E-state index in [1.807, 2.05) is 29.2 Å². The average molecular weight is 467 g/mol. The number of aromatic nitrogens is 2. The van der Waals surface area contributed by atoms with E-state index in [1.165, 1.54) is 5.57 Å². The zero-order valence-electron chi connectivity index (χ0n) is 19.5. The maximum atomic E-state index is 12.6. The van der Waals surface area contributed by atoms with Crippen LogP contribution in [0.25, 0.3) is 16.6 Å². The molecule has 0 radical (unpaired) electrons. The normalized spacial score (nSPS) is 14.8. The van der Waals surface area contributed by atoms with Crippen LogP contribution in [0.1, 0.15) is 45.2 Å². The van der Waals surface area contributed by atoms with Crippen LogP contribution in [-0.4, -0.2) is 41.0 Å². The van der Waals surface area contributed by atoms with Gasteiger partial charge in [0.25, 0.3) is 0 Å². The Balaban J connectivity index is 1.50. The number of ether oxygens (including phenoxy) is 1. The van der Waals surface area contributed by atoms with E-state index >= 15 is 0 Å². The van der Waals surface area contributed by atoms with E-state index in [0.29, 0.717) is 29.7 Å². The average Bonchev–Trinajstić information content (AvgIpc) is 3.26. The Morgan fingerprint density at radius 3 is 2.91 bits per heavy atom. The summed E-state index contributed by atoms with van der Waals surface area (Å²) in [7, 11) is 1.60. The molecule has 6 nitrogen and oxygen atoms in total. The predicted octanol–water partition coefficient (Wildman–Crippen LogP) is 6.41. The number of nitrogens with zero attached hydrogens (tertiary/aromatic N) is 2. The molecule has 33 heavy (non-hydrogen) atoms.